The van der Waals surface area contributed by atoms with Crippen LogP contribution in [0.15, 0.2) is 42.7 Å². The number of aryl methyl sites for hydroxylation is 1. The van der Waals surface area contributed by atoms with Crippen LogP contribution >= 0.6 is 0 Å². The maximum atomic E-state index is 13.4. The summed E-state index contributed by atoms with van der Waals surface area (Å²) in [5.74, 6) is -0.753. The van der Waals surface area contributed by atoms with Crippen LogP contribution in [-0.4, -0.2) is 10.9 Å². The van der Waals surface area contributed by atoms with E-state index in [-0.39, 0.29) is 18.0 Å². The summed E-state index contributed by atoms with van der Waals surface area (Å²) in [4.78, 5) is 15.7. The van der Waals surface area contributed by atoms with Gasteiger partial charge in [0.05, 0.1) is 5.69 Å². The Balaban J connectivity index is 1.93. The molecule has 1 heterocycles. The van der Waals surface area contributed by atoms with Gasteiger partial charge in [-0.25, -0.2) is 4.39 Å². The number of nitrogen functional groups attached to an aromatic ring is 1. The smallest absolute Gasteiger partial charge is 0.224 e. The fraction of sp³-hybridized carbons (Fsp3) is 0.143. The van der Waals surface area contributed by atoms with E-state index in [1.54, 1.807) is 12.4 Å². The minimum atomic E-state index is -0.496. The van der Waals surface area contributed by atoms with Gasteiger partial charge in [-0.3, -0.25) is 9.78 Å². The van der Waals surface area contributed by atoms with E-state index in [9.17, 15) is 9.18 Å². The molecule has 1 aromatic carbocycles. The summed E-state index contributed by atoms with van der Waals surface area (Å²) in [5, 5.41) is 2.51. The molecule has 1 amide bonds. The molecule has 0 atom stereocenters. The van der Waals surface area contributed by atoms with E-state index in [2.05, 4.69) is 10.3 Å². The van der Waals surface area contributed by atoms with Crippen LogP contribution in [-0.2, 0) is 11.2 Å². The van der Waals surface area contributed by atoms with E-state index in [4.69, 9.17) is 5.73 Å². The summed E-state index contributed by atoms with van der Waals surface area (Å²) in [6.07, 6.45) is 4.20. The minimum absolute atomic E-state index is 0.108. The Labute approximate surface area is 110 Å². The molecule has 0 radical (unpaired) electrons. The van der Waals surface area contributed by atoms with E-state index in [1.807, 2.05) is 12.1 Å². The molecular formula is C14H14FN3O. The van der Waals surface area contributed by atoms with Crippen molar-refractivity contribution in [2.45, 2.75) is 12.8 Å². The molecule has 1 aromatic heterocycles. The average Bonchev–Trinajstić information content (AvgIpc) is 2.42. The molecule has 0 saturated carbocycles. The molecule has 3 N–H and O–H groups in total. The van der Waals surface area contributed by atoms with Crippen molar-refractivity contribution in [3.05, 3.63) is 54.1 Å². The van der Waals surface area contributed by atoms with Crippen molar-refractivity contribution in [1.29, 1.82) is 0 Å². The van der Waals surface area contributed by atoms with Crippen LogP contribution < -0.4 is 11.1 Å². The zero-order chi connectivity index (χ0) is 13.7. The lowest BCUT2D eigenvalue weighted by Gasteiger charge is -2.07. The van der Waals surface area contributed by atoms with Crippen LogP contribution in [0, 0.1) is 5.82 Å². The maximum Gasteiger partial charge on any atom is 0.224 e. The molecule has 0 unspecified atom stereocenters. The van der Waals surface area contributed by atoms with Crippen molar-refractivity contribution in [2.24, 2.45) is 0 Å². The molecule has 2 rings (SSSR count). The Morgan fingerprint density at radius 3 is 2.95 bits per heavy atom. The number of carbonyl (C=O) groups is 1. The Kier molecular flexibility index (Phi) is 4.07. The average molecular weight is 259 g/mol. The van der Waals surface area contributed by atoms with Gasteiger partial charge in [-0.05, 0) is 36.2 Å². The number of nitrogens with zero attached hydrogens (tertiary/aromatic N) is 1. The minimum Gasteiger partial charge on any atom is -0.399 e. The van der Waals surface area contributed by atoms with Gasteiger partial charge >= 0.3 is 0 Å². The Morgan fingerprint density at radius 2 is 2.21 bits per heavy atom. The summed E-state index contributed by atoms with van der Waals surface area (Å²) >= 11 is 0. The van der Waals surface area contributed by atoms with Crippen LogP contribution in [0.3, 0.4) is 0 Å². The van der Waals surface area contributed by atoms with E-state index in [0.29, 0.717) is 12.1 Å². The van der Waals surface area contributed by atoms with Crippen LogP contribution in [0.2, 0.25) is 0 Å². The highest BCUT2D eigenvalue weighted by Crippen LogP contribution is 2.17. The number of hydrogen-bond donors (Lipinski definition) is 2. The second-order valence-corrected chi connectivity index (χ2v) is 4.15. The lowest BCUT2D eigenvalue weighted by atomic mass is 10.1. The molecule has 0 aliphatic rings. The van der Waals surface area contributed by atoms with Gasteiger partial charge in [0.2, 0.25) is 5.91 Å². The lowest BCUT2D eigenvalue weighted by Crippen LogP contribution is -2.13. The molecule has 98 valence electrons. The van der Waals surface area contributed by atoms with E-state index < -0.39 is 5.82 Å². The number of hydrogen-bond acceptors (Lipinski definition) is 3. The van der Waals surface area contributed by atoms with Gasteiger partial charge in [-0.15, -0.1) is 0 Å². The first-order chi connectivity index (χ1) is 9.15. The van der Waals surface area contributed by atoms with E-state index in [1.165, 1.54) is 18.2 Å². The highest BCUT2D eigenvalue weighted by Gasteiger charge is 2.07. The van der Waals surface area contributed by atoms with Gasteiger partial charge in [0.15, 0.2) is 0 Å². The van der Waals surface area contributed by atoms with Crippen molar-refractivity contribution in [1.82, 2.24) is 4.98 Å². The van der Waals surface area contributed by atoms with Crippen LogP contribution in [0.1, 0.15) is 12.0 Å². The van der Waals surface area contributed by atoms with Crippen molar-refractivity contribution in [2.75, 3.05) is 11.1 Å². The van der Waals surface area contributed by atoms with Gasteiger partial charge in [-0.2, -0.15) is 0 Å². The number of pyridine rings is 1. The van der Waals surface area contributed by atoms with Crippen molar-refractivity contribution in [3.63, 3.8) is 0 Å². The Hall–Kier alpha value is -2.43. The zero-order valence-corrected chi connectivity index (χ0v) is 10.3. The third kappa shape index (κ3) is 3.77. The third-order valence-corrected chi connectivity index (χ3v) is 2.63. The molecule has 0 aliphatic heterocycles. The summed E-state index contributed by atoms with van der Waals surface area (Å²) in [5.41, 5.74) is 7.02. The molecule has 0 aliphatic carbocycles. The normalized spacial score (nSPS) is 10.2. The number of rotatable bonds is 4. The number of benzene rings is 1. The number of anilines is 2. The maximum absolute atomic E-state index is 13.4. The fourth-order valence-electron chi connectivity index (χ4n) is 1.66. The number of aromatic nitrogens is 1. The first kappa shape index (κ1) is 13.0. The van der Waals surface area contributed by atoms with Gasteiger partial charge in [-0.1, -0.05) is 6.07 Å². The SMILES string of the molecule is Nc1ccc(F)c(NC(=O)CCc2cccnc2)c1. The summed E-state index contributed by atoms with van der Waals surface area (Å²) in [7, 11) is 0. The molecule has 0 spiro atoms. The van der Waals surface area contributed by atoms with E-state index >= 15 is 0 Å². The Bertz CT molecular complexity index is 572. The zero-order valence-electron chi connectivity index (χ0n) is 10.3. The van der Waals surface area contributed by atoms with E-state index in [0.717, 1.165) is 5.56 Å². The van der Waals surface area contributed by atoms with Crippen molar-refractivity contribution in [3.8, 4) is 0 Å². The molecule has 5 heteroatoms. The Morgan fingerprint density at radius 1 is 1.37 bits per heavy atom. The first-order valence-corrected chi connectivity index (χ1v) is 5.89. The van der Waals surface area contributed by atoms with Crippen molar-refractivity contribution < 1.29 is 9.18 Å². The molecule has 0 bridgehead atoms. The summed E-state index contributed by atoms with van der Waals surface area (Å²) in [6.45, 7) is 0. The second-order valence-electron chi connectivity index (χ2n) is 4.15. The summed E-state index contributed by atoms with van der Waals surface area (Å²) < 4.78 is 13.4. The molecule has 19 heavy (non-hydrogen) atoms. The number of nitrogens with two attached hydrogens (primary N) is 1. The third-order valence-electron chi connectivity index (χ3n) is 2.63. The van der Waals surface area contributed by atoms with Crippen molar-refractivity contribution >= 4 is 17.3 Å². The highest BCUT2D eigenvalue weighted by atomic mass is 19.1. The number of nitrogens with one attached hydrogen (secondary N) is 1. The standard InChI is InChI=1S/C14H14FN3O/c15-12-5-4-11(16)8-13(12)18-14(19)6-3-10-2-1-7-17-9-10/h1-2,4-5,7-9H,3,6,16H2,(H,18,19). The van der Waals surface area contributed by atoms with Gasteiger partial charge in [0, 0.05) is 24.5 Å². The molecule has 0 saturated heterocycles. The quantitative estimate of drug-likeness (QED) is 0.828. The van der Waals surface area contributed by atoms with Crippen LogP contribution in [0.4, 0.5) is 15.8 Å². The molecule has 4 nitrogen and oxygen atoms in total. The lowest BCUT2D eigenvalue weighted by molar-refractivity contribution is -0.116. The van der Waals surface area contributed by atoms with Gasteiger partial charge in [0.1, 0.15) is 5.82 Å². The summed E-state index contributed by atoms with van der Waals surface area (Å²) in [6, 6.07) is 7.77. The van der Waals surface area contributed by atoms with Gasteiger partial charge in [0.25, 0.3) is 0 Å². The second kappa shape index (κ2) is 5.95. The predicted molar refractivity (Wildman–Crippen MR) is 72.0 cm³/mol. The first-order valence-electron chi connectivity index (χ1n) is 5.89. The predicted octanol–water partition coefficient (Wildman–Crippen LogP) is 2.37. The number of carbonyl (C=O) groups excluding carboxylic acids is 1. The topological polar surface area (TPSA) is 68.0 Å². The number of halogens is 1. The largest absolute Gasteiger partial charge is 0.399 e. The fourth-order valence-corrected chi connectivity index (χ4v) is 1.66. The molecule has 0 fully saturated rings. The number of amides is 1. The molecular weight excluding hydrogens is 245 g/mol. The van der Waals surface area contributed by atoms with Crippen LogP contribution in [0.5, 0.6) is 0 Å². The molecule has 2 aromatic rings. The monoisotopic (exact) mass is 259 g/mol. The van der Waals surface area contributed by atoms with Crippen LogP contribution in [0.25, 0.3) is 0 Å². The van der Waals surface area contributed by atoms with Gasteiger partial charge < -0.3 is 11.1 Å². The highest BCUT2D eigenvalue weighted by molar-refractivity contribution is 5.91.